The fraction of sp³-hybridized carbons (Fsp3) is 0.440. The van der Waals surface area contributed by atoms with Crippen molar-refractivity contribution in [1.82, 2.24) is 23.3 Å². The molecule has 13 heteroatoms. The number of amides is 2. The molecule has 204 valence electrons. The van der Waals surface area contributed by atoms with Gasteiger partial charge in [-0.15, -0.1) is 0 Å². The first-order valence-electron chi connectivity index (χ1n) is 12.5. The third-order valence-corrected chi connectivity index (χ3v) is 8.53. The highest BCUT2D eigenvalue weighted by Crippen LogP contribution is 2.21. The number of pyridine rings is 1. The van der Waals surface area contributed by atoms with E-state index in [2.05, 4.69) is 10.3 Å². The van der Waals surface area contributed by atoms with Gasteiger partial charge in [0.05, 0.1) is 17.5 Å². The van der Waals surface area contributed by atoms with Crippen LogP contribution in [0.5, 0.6) is 5.75 Å². The van der Waals surface area contributed by atoms with Crippen LogP contribution in [0.25, 0.3) is 11.2 Å². The fourth-order valence-corrected chi connectivity index (χ4v) is 5.93. The van der Waals surface area contributed by atoms with E-state index in [9.17, 15) is 22.8 Å². The molecule has 38 heavy (non-hydrogen) atoms. The minimum absolute atomic E-state index is 0.00874. The number of rotatable bonds is 9. The Morgan fingerprint density at radius 1 is 0.947 bits per heavy atom. The number of imidazole rings is 1. The molecule has 4 rings (SSSR count). The van der Waals surface area contributed by atoms with Crippen molar-refractivity contribution in [2.75, 3.05) is 38.6 Å². The van der Waals surface area contributed by atoms with E-state index < -0.39 is 10.0 Å². The standard InChI is InChI=1S/C25H32N6O6S/c1-4-30-20-10-11-21(27-24(20)31(5-2)25(30)34)26-22(32)12-13-23(33)28-14-16-29(17-15-28)38(35,36)19-8-6-18(37-3)7-9-19/h6-11H,4-5,12-17H2,1-3H3,(H,26,27,32). The molecular weight excluding hydrogens is 512 g/mol. The highest BCUT2D eigenvalue weighted by molar-refractivity contribution is 7.89. The maximum Gasteiger partial charge on any atom is 0.330 e. The molecule has 1 aliphatic heterocycles. The summed E-state index contributed by atoms with van der Waals surface area (Å²) in [5, 5.41) is 2.70. The molecule has 3 heterocycles. The highest BCUT2D eigenvalue weighted by Gasteiger charge is 2.30. The predicted molar refractivity (Wildman–Crippen MR) is 142 cm³/mol. The Bertz CT molecular complexity index is 1490. The Morgan fingerprint density at radius 2 is 1.61 bits per heavy atom. The van der Waals surface area contributed by atoms with E-state index in [1.165, 1.54) is 23.5 Å². The molecule has 1 aromatic carbocycles. The van der Waals surface area contributed by atoms with Crippen LogP contribution in [-0.4, -0.2) is 76.8 Å². The van der Waals surface area contributed by atoms with Gasteiger partial charge in [0.25, 0.3) is 0 Å². The first-order chi connectivity index (χ1) is 18.2. The van der Waals surface area contributed by atoms with Gasteiger partial charge >= 0.3 is 5.69 Å². The maximum atomic E-state index is 12.9. The molecule has 0 aliphatic carbocycles. The van der Waals surface area contributed by atoms with Crippen molar-refractivity contribution in [2.45, 2.75) is 44.7 Å². The number of benzene rings is 1. The molecule has 0 spiro atoms. The number of hydrogen-bond acceptors (Lipinski definition) is 7. The smallest absolute Gasteiger partial charge is 0.330 e. The predicted octanol–water partition coefficient (Wildman–Crippen LogP) is 1.50. The molecule has 2 amide bonds. The summed E-state index contributed by atoms with van der Waals surface area (Å²) in [6, 6.07) is 9.56. The largest absolute Gasteiger partial charge is 0.497 e. The third-order valence-electron chi connectivity index (χ3n) is 6.62. The number of fused-ring (bicyclic) bond motifs is 1. The molecule has 0 saturated carbocycles. The number of nitrogens with zero attached hydrogens (tertiary/aromatic N) is 5. The number of nitrogens with one attached hydrogen (secondary N) is 1. The highest BCUT2D eigenvalue weighted by atomic mass is 32.2. The average molecular weight is 545 g/mol. The Morgan fingerprint density at radius 3 is 2.21 bits per heavy atom. The molecule has 0 radical (unpaired) electrons. The quantitative estimate of drug-likeness (QED) is 0.431. The van der Waals surface area contributed by atoms with E-state index >= 15 is 0 Å². The van der Waals surface area contributed by atoms with Crippen LogP contribution in [0.2, 0.25) is 0 Å². The van der Waals surface area contributed by atoms with Gasteiger partial charge in [-0.1, -0.05) is 0 Å². The van der Waals surface area contributed by atoms with Crippen molar-refractivity contribution in [3.05, 3.63) is 46.9 Å². The summed E-state index contributed by atoms with van der Waals surface area (Å²) in [5.74, 6) is 0.287. The zero-order valence-electron chi connectivity index (χ0n) is 21.7. The first-order valence-corrected chi connectivity index (χ1v) is 14.0. The number of carbonyl (C=O) groups excluding carboxylic acids is 2. The molecule has 0 unspecified atom stereocenters. The Balaban J connectivity index is 1.30. The number of anilines is 1. The minimum atomic E-state index is -3.67. The fourth-order valence-electron chi connectivity index (χ4n) is 4.51. The minimum Gasteiger partial charge on any atom is -0.497 e. The van der Waals surface area contributed by atoms with Crippen LogP contribution in [0.3, 0.4) is 0 Å². The molecular formula is C25H32N6O6S. The Labute approximate surface area is 220 Å². The SMILES string of the molecule is CCn1c(=O)n(CC)c2nc(NC(=O)CCC(=O)N3CCN(S(=O)(=O)c4ccc(OC)cc4)CC3)ccc21. The van der Waals surface area contributed by atoms with Crippen LogP contribution in [0.1, 0.15) is 26.7 Å². The summed E-state index contributed by atoms with van der Waals surface area (Å²) in [6.45, 7) is 5.55. The van der Waals surface area contributed by atoms with Crippen molar-refractivity contribution in [2.24, 2.45) is 0 Å². The van der Waals surface area contributed by atoms with Crippen LogP contribution < -0.4 is 15.7 Å². The number of carbonyl (C=O) groups is 2. The number of hydrogen-bond donors (Lipinski definition) is 1. The van der Waals surface area contributed by atoms with E-state index in [-0.39, 0.29) is 61.4 Å². The summed E-state index contributed by atoms with van der Waals surface area (Å²) >= 11 is 0. The zero-order valence-corrected chi connectivity index (χ0v) is 22.5. The number of methoxy groups -OCH3 is 1. The average Bonchev–Trinajstić information content (AvgIpc) is 3.21. The van der Waals surface area contributed by atoms with Gasteiger partial charge in [0.15, 0.2) is 5.65 Å². The second kappa shape index (κ2) is 11.4. The molecule has 2 aromatic heterocycles. The van der Waals surface area contributed by atoms with Gasteiger partial charge in [0.2, 0.25) is 21.8 Å². The number of aromatic nitrogens is 3. The molecule has 0 atom stereocenters. The van der Waals surface area contributed by atoms with Gasteiger partial charge in [0.1, 0.15) is 11.6 Å². The van der Waals surface area contributed by atoms with Crippen molar-refractivity contribution >= 4 is 38.8 Å². The van der Waals surface area contributed by atoms with Gasteiger partial charge in [-0.3, -0.25) is 18.7 Å². The van der Waals surface area contributed by atoms with Crippen LogP contribution in [0, 0.1) is 0 Å². The molecule has 1 saturated heterocycles. The van der Waals surface area contributed by atoms with Crippen LogP contribution in [0.15, 0.2) is 46.1 Å². The lowest BCUT2D eigenvalue weighted by molar-refractivity contribution is -0.133. The molecule has 1 N–H and O–H groups in total. The van der Waals surface area contributed by atoms with E-state index in [0.717, 1.165) is 0 Å². The zero-order chi connectivity index (χ0) is 27.4. The number of aryl methyl sites for hydroxylation is 2. The lowest BCUT2D eigenvalue weighted by Crippen LogP contribution is -2.50. The topological polar surface area (TPSA) is 136 Å². The van der Waals surface area contributed by atoms with Crippen LogP contribution >= 0.6 is 0 Å². The second-order valence-electron chi connectivity index (χ2n) is 8.82. The number of piperazine rings is 1. The van der Waals surface area contributed by atoms with E-state index in [1.807, 2.05) is 13.8 Å². The summed E-state index contributed by atoms with van der Waals surface area (Å²) in [5.41, 5.74) is 1.04. The van der Waals surface area contributed by atoms with Crippen molar-refractivity contribution in [3.63, 3.8) is 0 Å². The molecule has 0 bridgehead atoms. The van der Waals surface area contributed by atoms with Crippen LogP contribution in [-0.2, 0) is 32.7 Å². The summed E-state index contributed by atoms with van der Waals surface area (Å²) in [4.78, 5) is 43.9. The lowest BCUT2D eigenvalue weighted by Gasteiger charge is -2.34. The maximum absolute atomic E-state index is 12.9. The summed E-state index contributed by atoms with van der Waals surface area (Å²) < 4.78 is 35.4. The third kappa shape index (κ3) is 5.43. The Kier molecular flexibility index (Phi) is 8.17. The van der Waals surface area contributed by atoms with Gasteiger partial charge in [-0.05, 0) is 50.2 Å². The summed E-state index contributed by atoms with van der Waals surface area (Å²) in [6.07, 6.45) is -0.0509. The van der Waals surface area contributed by atoms with Gasteiger partial charge in [0, 0.05) is 52.1 Å². The number of sulfonamides is 1. The molecule has 1 aliphatic rings. The van der Waals surface area contributed by atoms with E-state index in [0.29, 0.717) is 35.8 Å². The van der Waals surface area contributed by atoms with E-state index in [1.54, 1.807) is 38.3 Å². The molecule has 12 nitrogen and oxygen atoms in total. The second-order valence-corrected chi connectivity index (χ2v) is 10.8. The molecule has 1 fully saturated rings. The van der Waals surface area contributed by atoms with Crippen LogP contribution in [0.4, 0.5) is 5.82 Å². The monoisotopic (exact) mass is 544 g/mol. The van der Waals surface area contributed by atoms with Gasteiger partial charge in [-0.2, -0.15) is 4.31 Å². The lowest BCUT2D eigenvalue weighted by atomic mass is 10.2. The van der Waals surface area contributed by atoms with Gasteiger partial charge < -0.3 is 15.0 Å². The van der Waals surface area contributed by atoms with Crippen molar-refractivity contribution in [1.29, 1.82) is 0 Å². The van der Waals surface area contributed by atoms with Crippen molar-refractivity contribution in [3.8, 4) is 5.75 Å². The summed E-state index contributed by atoms with van der Waals surface area (Å²) in [7, 11) is -2.16. The Hall–Kier alpha value is -3.71. The first kappa shape index (κ1) is 27.3. The van der Waals surface area contributed by atoms with E-state index in [4.69, 9.17) is 4.74 Å². The van der Waals surface area contributed by atoms with Crippen molar-refractivity contribution < 1.29 is 22.7 Å². The van der Waals surface area contributed by atoms with Gasteiger partial charge in [-0.25, -0.2) is 18.2 Å². The number of ether oxygens (including phenoxy) is 1. The molecule has 3 aromatic rings. The normalized spacial score (nSPS) is 14.6.